The predicted molar refractivity (Wildman–Crippen MR) is 84.3 cm³/mol. The van der Waals surface area contributed by atoms with E-state index in [1.54, 1.807) is 7.05 Å². The molecule has 0 aliphatic heterocycles. The van der Waals surface area contributed by atoms with E-state index in [0.717, 1.165) is 11.3 Å². The number of carbonyl (C=O) groups is 2. The van der Waals surface area contributed by atoms with E-state index in [0.29, 0.717) is 5.69 Å². The Morgan fingerprint density at radius 1 is 1.00 bits per heavy atom. The van der Waals surface area contributed by atoms with Gasteiger partial charge in [-0.3, -0.25) is 9.59 Å². The first-order valence-corrected chi connectivity index (χ1v) is 6.74. The van der Waals surface area contributed by atoms with Gasteiger partial charge in [-0.15, -0.1) is 0 Å². The third-order valence-corrected chi connectivity index (χ3v) is 3.16. The van der Waals surface area contributed by atoms with Crippen LogP contribution < -0.4 is 10.2 Å². The number of anilines is 2. The van der Waals surface area contributed by atoms with Gasteiger partial charge in [0, 0.05) is 18.4 Å². The fourth-order valence-electron chi connectivity index (χ4n) is 1.89. The molecule has 0 saturated heterocycles. The smallest absolute Gasteiger partial charge is 0.236 e. The Hall–Kier alpha value is -2.62. The number of amides is 2. The number of aryl methyl sites for hydroxylation is 1. The summed E-state index contributed by atoms with van der Waals surface area (Å²) in [6.45, 7) is 1.98. The van der Waals surface area contributed by atoms with Gasteiger partial charge in [0.25, 0.3) is 0 Å². The van der Waals surface area contributed by atoms with E-state index in [1.807, 2.05) is 61.5 Å². The van der Waals surface area contributed by atoms with Gasteiger partial charge in [0.15, 0.2) is 0 Å². The topological polar surface area (TPSA) is 49.4 Å². The van der Waals surface area contributed by atoms with Gasteiger partial charge in [-0.2, -0.15) is 0 Å². The molecule has 0 aliphatic carbocycles. The number of carbonyl (C=O) groups excluding carboxylic acids is 2. The second-order valence-electron chi connectivity index (χ2n) is 4.88. The average Bonchev–Trinajstić information content (AvgIpc) is 2.49. The van der Waals surface area contributed by atoms with Gasteiger partial charge >= 0.3 is 0 Å². The molecule has 0 aromatic heterocycles. The first-order valence-electron chi connectivity index (χ1n) is 6.74. The van der Waals surface area contributed by atoms with Crippen molar-refractivity contribution in [3.63, 3.8) is 0 Å². The molecular formula is C17H18N2O2. The Labute approximate surface area is 124 Å². The lowest BCUT2D eigenvalue weighted by Gasteiger charge is -2.17. The fraction of sp³-hybridized carbons (Fsp3) is 0.176. The monoisotopic (exact) mass is 282 g/mol. The Balaban J connectivity index is 1.93. The van der Waals surface area contributed by atoms with Crippen LogP contribution in [0.5, 0.6) is 0 Å². The van der Waals surface area contributed by atoms with Gasteiger partial charge in [0.05, 0.1) is 0 Å². The summed E-state index contributed by atoms with van der Waals surface area (Å²) >= 11 is 0. The minimum Gasteiger partial charge on any atom is -0.326 e. The molecule has 2 aromatic rings. The number of rotatable bonds is 4. The number of hydrogen-bond acceptors (Lipinski definition) is 2. The molecule has 0 spiro atoms. The fourth-order valence-corrected chi connectivity index (χ4v) is 1.89. The van der Waals surface area contributed by atoms with Crippen molar-refractivity contribution in [2.45, 2.75) is 13.3 Å². The van der Waals surface area contributed by atoms with Crippen LogP contribution in [0.4, 0.5) is 11.4 Å². The molecule has 0 atom stereocenters. The number of hydrogen-bond donors (Lipinski definition) is 1. The van der Waals surface area contributed by atoms with Gasteiger partial charge < -0.3 is 10.2 Å². The van der Waals surface area contributed by atoms with Crippen LogP contribution in [0.15, 0.2) is 54.6 Å². The quantitative estimate of drug-likeness (QED) is 0.876. The number of nitrogens with zero attached hydrogens (tertiary/aromatic N) is 1. The van der Waals surface area contributed by atoms with Crippen molar-refractivity contribution in [2.24, 2.45) is 0 Å². The molecule has 2 amide bonds. The maximum absolute atomic E-state index is 12.1. The first kappa shape index (κ1) is 14.8. The summed E-state index contributed by atoms with van der Waals surface area (Å²) in [7, 11) is 1.66. The minimum absolute atomic E-state index is 0.181. The van der Waals surface area contributed by atoms with E-state index in [1.165, 1.54) is 4.90 Å². The second-order valence-corrected chi connectivity index (χ2v) is 4.88. The molecule has 108 valence electrons. The van der Waals surface area contributed by atoms with Crippen LogP contribution in [-0.4, -0.2) is 18.9 Å². The molecule has 0 bridgehead atoms. The molecular weight excluding hydrogens is 264 g/mol. The average molecular weight is 282 g/mol. The van der Waals surface area contributed by atoms with Gasteiger partial charge in [-0.1, -0.05) is 35.9 Å². The summed E-state index contributed by atoms with van der Waals surface area (Å²) in [4.78, 5) is 25.4. The van der Waals surface area contributed by atoms with Crippen molar-refractivity contribution in [2.75, 3.05) is 17.3 Å². The molecule has 21 heavy (non-hydrogen) atoms. The predicted octanol–water partition coefficient (Wildman–Crippen LogP) is 2.99. The van der Waals surface area contributed by atoms with Gasteiger partial charge in [-0.25, -0.2) is 0 Å². The van der Waals surface area contributed by atoms with Crippen LogP contribution in [0, 0.1) is 6.92 Å². The lowest BCUT2D eigenvalue weighted by molar-refractivity contribution is -0.125. The minimum atomic E-state index is -0.313. The largest absolute Gasteiger partial charge is 0.326 e. The Kier molecular flexibility index (Phi) is 4.72. The SMILES string of the molecule is Cc1ccc(NC(=O)CC(=O)N(C)c2ccccc2)cc1. The van der Waals surface area contributed by atoms with E-state index in [-0.39, 0.29) is 18.2 Å². The molecule has 0 fully saturated rings. The summed E-state index contributed by atoms with van der Waals surface area (Å²) in [5.41, 5.74) is 2.58. The summed E-state index contributed by atoms with van der Waals surface area (Å²) in [6.07, 6.45) is -0.181. The van der Waals surface area contributed by atoms with Crippen molar-refractivity contribution in [1.82, 2.24) is 0 Å². The van der Waals surface area contributed by atoms with Crippen molar-refractivity contribution >= 4 is 23.2 Å². The van der Waals surface area contributed by atoms with Crippen molar-refractivity contribution < 1.29 is 9.59 Å². The molecule has 0 heterocycles. The zero-order valence-electron chi connectivity index (χ0n) is 12.2. The van der Waals surface area contributed by atoms with Crippen LogP contribution in [0.25, 0.3) is 0 Å². The Morgan fingerprint density at radius 3 is 2.24 bits per heavy atom. The Morgan fingerprint density at radius 2 is 1.62 bits per heavy atom. The number of nitrogens with one attached hydrogen (secondary N) is 1. The van der Waals surface area contributed by atoms with Crippen LogP contribution in [0.2, 0.25) is 0 Å². The standard InChI is InChI=1S/C17H18N2O2/c1-13-8-10-14(11-9-13)18-16(20)12-17(21)19(2)15-6-4-3-5-7-15/h3-11H,12H2,1-2H3,(H,18,20). The lowest BCUT2D eigenvalue weighted by Crippen LogP contribution is -2.30. The van der Waals surface area contributed by atoms with Crippen LogP contribution in [0.3, 0.4) is 0 Å². The summed E-state index contributed by atoms with van der Waals surface area (Å²) in [5.74, 6) is -0.558. The van der Waals surface area contributed by atoms with Crippen molar-refractivity contribution in [1.29, 1.82) is 0 Å². The molecule has 2 aromatic carbocycles. The molecule has 4 heteroatoms. The molecule has 0 aliphatic rings. The lowest BCUT2D eigenvalue weighted by atomic mass is 10.2. The van der Waals surface area contributed by atoms with Gasteiger partial charge in [0.2, 0.25) is 11.8 Å². The second kappa shape index (κ2) is 6.70. The maximum Gasteiger partial charge on any atom is 0.236 e. The summed E-state index contributed by atoms with van der Waals surface area (Å²) in [6, 6.07) is 16.7. The van der Waals surface area contributed by atoms with Crippen molar-refractivity contribution in [3.8, 4) is 0 Å². The van der Waals surface area contributed by atoms with Crippen molar-refractivity contribution in [3.05, 3.63) is 60.2 Å². The maximum atomic E-state index is 12.1. The van der Waals surface area contributed by atoms with Crippen LogP contribution in [-0.2, 0) is 9.59 Å². The highest BCUT2D eigenvalue weighted by Gasteiger charge is 2.15. The highest BCUT2D eigenvalue weighted by atomic mass is 16.2. The number of benzene rings is 2. The first-order chi connectivity index (χ1) is 10.1. The summed E-state index contributed by atoms with van der Waals surface area (Å²) < 4.78 is 0. The molecule has 0 unspecified atom stereocenters. The van der Waals surface area contributed by atoms with Gasteiger partial charge in [0.1, 0.15) is 6.42 Å². The third kappa shape index (κ3) is 4.18. The molecule has 0 radical (unpaired) electrons. The van der Waals surface area contributed by atoms with E-state index >= 15 is 0 Å². The zero-order chi connectivity index (χ0) is 15.2. The highest BCUT2D eigenvalue weighted by Crippen LogP contribution is 2.13. The van der Waals surface area contributed by atoms with Gasteiger partial charge in [-0.05, 0) is 31.2 Å². The molecule has 4 nitrogen and oxygen atoms in total. The summed E-state index contributed by atoms with van der Waals surface area (Å²) in [5, 5.41) is 2.72. The molecule has 2 rings (SSSR count). The molecule has 0 saturated carbocycles. The highest BCUT2D eigenvalue weighted by molar-refractivity contribution is 6.08. The van der Waals surface area contributed by atoms with E-state index in [4.69, 9.17) is 0 Å². The third-order valence-electron chi connectivity index (χ3n) is 3.16. The van der Waals surface area contributed by atoms with Crippen LogP contribution >= 0.6 is 0 Å². The molecule has 1 N–H and O–H groups in total. The number of para-hydroxylation sites is 1. The Bertz CT molecular complexity index is 621. The van der Waals surface area contributed by atoms with E-state index in [9.17, 15) is 9.59 Å². The van der Waals surface area contributed by atoms with Crippen LogP contribution in [0.1, 0.15) is 12.0 Å². The van der Waals surface area contributed by atoms with E-state index < -0.39 is 0 Å². The van der Waals surface area contributed by atoms with E-state index in [2.05, 4.69) is 5.32 Å². The normalized spacial score (nSPS) is 10.0. The zero-order valence-corrected chi connectivity index (χ0v) is 12.2.